The molecule has 0 bridgehead atoms. The molecule has 1 atom stereocenters. The van der Waals surface area contributed by atoms with Gasteiger partial charge in [-0.1, -0.05) is 12.1 Å². The van der Waals surface area contributed by atoms with Crippen molar-refractivity contribution in [3.05, 3.63) is 35.1 Å². The first-order valence-corrected chi connectivity index (χ1v) is 10.6. The summed E-state index contributed by atoms with van der Waals surface area (Å²) in [5.74, 6) is 0.227. The molecule has 1 fully saturated rings. The Hall–Kier alpha value is -0.940. The van der Waals surface area contributed by atoms with Crippen LogP contribution in [0.15, 0.2) is 23.2 Å². The number of guanidine groups is 1. The molecule has 0 aromatic heterocycles. The van der Waals surface area contributed by atoms with Crippen LogP contribution in [0.5, 0.6) is 0 Å². The predicted molar refractivity (Wildman–Crippen MR) is 117 cm³/mol. The second-order valence-corrected chi connectivity index (χ2v) is 9.28. The summed E-state index contributed by atoms with van der Waals surface area (Å²) in [6, 6.07) is 4.91. The van der Waals surface area contributed by atoms with E-state index < -0.39 is 14.6 Å². The third-order valence-electron chi connectivity index (χ3n) is 5.04. The number of hydrogen-bond donors (Lipinski definition) is 2. The largest absolute Gasteiger partial charge is 0.381 e. The Labute approximate surface area is 178 Å². The zero-order valence-corrected chi connectivity index (χ0v) is 19.4. The molecule has 6 nitrogen and oxygen atoms in total. The van der Waals surface area contributed by atoms with E-state index >= 15 is 0 Å². The highest BCUT2D eigenvalue weighted by molar-refractivity contribution is 14.0. The van der Waals surface area contributed by atoms with Crippen molar-refractivity contribution >= 4 is 39.8 Å². The fraction of sp³-hybridized carbons (Fsp3) is 0.611. The molecular weight excluding hydrogens is 484 g/mol. The number of aliphatic imine (C=N–C) groups is 1. The number of rotatable bonds is 5. The van der Waals surface area contributed by atoms with Gasteiger partial charge in [0.25, 0.3) is 0 Å². The van der Waals surface area contributed by atoms with Crippen molar-refractivity contribution in [3.8, 4) is 0 Å². The Balaban J connectivity index is 0.00000364. The molecule has 1 heterocycles. The predicted octanol–water partition coefficient (Wildman–Crippen LogP) is 2.57. The maximum Gasteiger partial charge on any atom is 0.191 e. The standard InChI is InChI=1S/C18H28FN3O3S.HI/c1-13-5-6-15(11-16(13)19)14(2)22-17(20-3)21-12-18(26(4,23)24)7-9-25-10-8-18;/h5-6,11,14H,7-10,12H2,1-4H3,(H2,20,21,22);1H. The highest BCUT2D eigenvalue weighted by atomic mass is 127. The van der Waals surface area contributed by atoms with Crippen LogP contribution in [-0.4, -0.2) is 52.2 Å². The van der Waals surface area contributed by atoms with Crippen molar-refractivity contribution in [1.29, 1.82) is 0 Å². The van der Waals surface area contributed by atoms with E-state index in [1.165, 1.54) is 12.3 Å². The van der Waals surface area contributed by atoms with Gasteiger partial charge in [-0.15, -0.1) is 24.0 Å². The molecule has 0 amide bonds. The first-order valence-electron chi connectivity index (χ1n) is 8.69. The molecule has 1 aromatic carbocycles. The van der Waals surface area contributed by atoms with Gasteiger partial charge in [-0.2, -0.15) is 0 Å². The highest BCUT2D eigenvalue weighted by Crippen LogP contribution is 2.28. The summed E-state index contributed by atoms with van der Waals surface area (Å²) >= 11 is 0. The summed E-state index contributed by atoms with van der Waals surface area (Å²) in [5, 5.41) is 6.31. The zero-order chi connectivity index (χ0) is 19.4. The van der Waals surface area contributed by atoms with Gasteiger partial charge in [0.1, 0.15) is 5.82 Å². The number of nitrogens with one attached hydrogen (secondary N) is 2. The van der Waals surface area contributed by atoms with Gasteiger partial charge in [0.05, 0.1) is 10.8 Å². The summed E-state index contributed by atoms with van der Waals surface area (Å²) in [6.45, 7) is 4.73. The van der Waals surface area contributed by atoms with Crippen molar-refractivity contribution in [2.75, 3.05) is 33.1 Å². The van der Waals surface area contributed by atoms with E-state index in [0.717, 1.165) is 5.56 Å². The Morgan fingerprint density at radius 3 is 2.52 bits per heavy atom. The fourth-order valence-electron chi connectivity index (χ4n) is 3.03. The van der Waals surface area contributed by atoms with Crippen LogP contribution in [0.3, 0.4) is 0 Å². The summed E-state index contributed by atoms with van der Waals surface area (Å²) < 4.78 is 42.9. The van der Waals surface area contributed by atoms with Crippen LogP contribution in [0, 0.1) is 12.7 Å². The van der Waals surface area contributed by atoms with E-state index in [2.05, 4.69) is 15.6 Å². The van der Waals surface area contributed by atoms with Gasteiger partial charge in [0.15, 0.2) is 15.8 Å². The van der Waals surface area contributed by atoms with Gasteiger partial charge in [-0.25, -0.2) is 12.8 Å². The lowest BCUT2D eigenvalue weighted by molar-refractivity contribution is 0.0756. The van der Waals surface area contributed by atoms with Gasteiger partial charge >= 0.3 is 0 Å². The number of hydrogen-bond acceptors (Lipinski definition) is 4. The van der Waals surface area contributed by atoms with Crippen LogP contribution in [-0.2, 0) is 14.6 Å². The average molecular weight is 513 g/mol. The van der Waals surface area contributed by atoms with E-state index in [4.69, 9.17) is 4.74 Å². The Kier molecular flexibility index (Phi) is 8.94. The summed E-state index contributed by atoms with van der Waals surface area (Å²) in [7, 11) is -1.64. The van der Waals surface area contributed by atoms with Crippen LogP contribution in [0.1, 0.15) is 36.9 Å². The molecular formula is C18H29FIN3O3S. The van der Waals surface area contributed by atoms with Crippen LogP contribution in [0.25, 0.3) is 0 Å². The third-order valence-corrected chi connectivity index (χ3v) is 7.17. The minimum Gasteiger partial charge on any atom is -0.381 e. The molecule has 27 heavy (non-hydrogen) atoms. The lowest BCUT2D eigenvalue weighted by Crippen LogP contribution is -2.53. The molecule has 2 rings (SSSR count). The normalized spacial score (nSPS) is 18.3. The molecule has 154 valence electrons. The third kappa shape index (κ3) is 6.02. The Morgan fingerprint density at radius 2 is 2.00 bits per heavy atom. The lowest BCUT2D eigenvalue weighted by atomic mass is 9.99. The average Bonchev–Trinajstić information content (AvgIpc) is 2.60. The first kappa shape index (κ1) is 24.1. The van der Waals surface area contributed by atoms with E-state index in [-0.39, 0.29) is 42.4 Å². The van der Waals surface area contributed by atoms with Crippen molar-refractivity contribution in [3.63, 3.8) is 0 Å². The number of nitrogens with zero attached hydrogens (tertiary/aromatic N) is 1. The Bertz CT molecular complexity index is 765. The van der Waals surface area contributed by atoms with E-state index in [0.29, 0.717) is 37.6 Å². The summed E-state index contributed by atoms with van der Waals surface area (Å²) in [4.78, 5) is 4.17. The minimum absolute atomic E-state index is 0. The lowest BCUT2D eigenvalue weighted by Gasteiger charge is -2.36. The maximum atomic E-state index is 13.8. The summed E-state index contributed by atoms with van der Waals surface area (Å²) in [6.07, 6.45) is 2.18. The van der Waals surface area contributed by atoms with Crippen LogP contribution >= 0.6 is 24.0 Å². The molecule has 1 aliphatic rings. The molecule has 1 unspecified atom stereocenters. The van der Waals surface area contributed by atoms with E-state index in [1.807, 2.05) is 13.0 Å². The van der Waals surface area contributed by atoms with Crippen LogP contribution in [0.2, 0.25) is 0 Å². The maximum absolute atomic E-state index is 13.8. The van der Waals surface area contributed by atoms with Crippen LogP contribution < -0.4 is 10.6 Å². The van der Waals surface area contributed by atoms with Gasteiger partial charge < -0.3 is 15.4 Å². The molecule has 1 aromatic rings. The number of ether oxygens (including phenoxy) is 1. The quantitative estimate of drug-likeness (QED) is 0.360. The summed E-state index contributed by atoms with van der Waals surface area (Å²) in [5.41, 5.74) is 1.39. The van der Waals surface area contributed by atoms with Gasteiger partial charge in [-0.3, -0.25) is 4.99 Å². The monoisotopic (exact) mass is 513 g/mol. The van der Waals surface area contributed by atoms with E-state index in [1.54, 1.807) is 20.0 Å². The van der Waals surface area contributed by atoms with Crippen molar-refractivity contribution < 1.29 is 17.5 Å². The van der Waals surface area contributed by atoms with Gasteiger partial charge in [0.2, 0.25) is 0 Å². The topological polar surface area (TPSA) is 79.8 Å². The number of sulfone groups is 1. The molecule has 0 saturated carbocycles. The molecule has 0 aliphatic carbocycles. The molecule has 0 radical (unpaired) electrons. The Morgan fingerprint density at radius 1 is 1.37 bits per heavy atom. The molecule has 0 spiro atoms. The van der Waals surface area contributed by atoms with Crippen molar-refractivity contribution in [2.45, 2.75) is 37.5 Å². The smallest absolute Gasteiger partial charge is 0.191 e. The molecule has 1 saturated heterocycles. The van der Waals surface area contributed by atoms with Gasteiger partial charge in [-0.05, 0) is 43.9 Å². The first-order chi connectivity index (χ1) is 12.2. The van der Waals surface area contributed by atoms with Gasteiger partial charge in [0, 0.05) is 33.1 Å². The second kappa shape index (κ2) is 10.0. The van der Waals surface area contributed by atoms with Crippen molar-refractivity contribution in [2.24, 2.45) is 4.99 Å². The van der Waals surface area contributed by atoms with Crippen LogP contribution in [0.4, 0.5) is 4.39 Å². The highest BCUT2D eigenvalue weighted by Gasteiger charge is 2.42. The number of halogens is 2. The fourth-order valence-corrected chi connectivity index (χ4v) is 4.27. The molecule has 2 N–H and O–H groups in total. The minimum atomic E-state index is -3.26. The number of aryl methyl sites for hydroxylation is 1. The zero-order valence-electron chi connectivity index (χ0n) is 16.2. The second-order valence-electron chi connectivity index (χ2n) is 6.87. The SMILES string of the molecule is CN=C(NCC1(S(C)(=O)=O)CCOCC1)NC(C)c1ccc(C)c(F)c1.I. The van der Waals surface area contributed by atoms with Crippen molar-refractivity contribution in [1.82, 2.24) is 10.6 Å². The number of benzene rings is 1. The van der Waals surface area contributed by atoms with E-state index in [9.17, 15) is 12.8 Å². The molecule has 9 heteroatoms. The molecule has 1 aliphatic heterocycles.